The highest BCUT2D eigenvalue weighted by Crippen LogP contribution is 2.19. The summed E-state index contributed by atoms with van der Waals surface area (Å²) >= 11 is 0. The first kappa shape index (κ1) is 17.7. The lowest BCUT2D eigenvalue weighted by molar-refractivity contribution is 0.0772. The minimum Gasteiger partial charge on any atom is -0.491 e. The van der Waals surface area contributed by atoms with Crippen molar-refractivity contribution in [1.82, 2.24) is 14.9 Å². The third kappa shape index (κ3) is 4.68. The second-order valence-electron chi connectivity index (χ2n) is 5.59. The van der Waals surface area contributed by atoms with Crippen molar-refractivity contribution in [3.05, 3.63) is 42.2 Å². The monoisotopic (exact) mass is 328 g/mol. The van der Waals surface area contributed by atoms with E-state index in [2.05, 4.69) is 15.3 Å². The van der Waals surface area contributed by atoms with Gasteiger partial charge in [0.05, 0.1) is 11.7 Å². The number of amides is 1. The van der Waals surface area contributed by atoms with Gasteiger partial charge in [-0.25, -0.2) is 9.97 Å². The zero-order chi connectivity index (χ0) is 17.5. The first-order valence-corrected chi connectivity index (χ1v) is 8.18. The quantitative estimate of drug-likeness (QED) is 0.842. The molecule has 6 heteroatoms. The van der Waals surface area contributed by atoms with Crippen molar-refractivity contribution >= 4 is 17.5 Å². The van der Waals surface area contributed by atoms with Crippen LogP contribution >= 0.6 is 0 Å². The minimum atomic E-state index is -0.0539. The van der Waals surface area contributed by atoms with E-state index in [4.69, 9.17) is 4.74 Å². The smallest absolute Gasteiger partial charge is 0.256 e. The van der Waals surface area contributed by atoms with Gasteiger partial charge in [0.15, 0.2) is 0 Å². The fourth-order valence-corrected chi connectivity index (χ4v) is 2.21. The Morgan fingerprint density at radius 2 is 1.71 bits per heavy atom. The first-order chi connectivity index (χ1) is 11.5. The lowest BCUT2D eigenvalue weighted by Crippen LogP contribution is -2.30. The predicted octanol–water partition coefficient (Wildman–Crippen LogP) is 3.49. The maximum Gasteiger partial charge on any atom is 0.256 e. The summed E-state index contributed by atoms with van der Waals surface area (Å²) in [7, 11) is 0. The zero-order valence-electron chi connectivity index (χ0n) is 14.6. The molecule has 0 unspecified atom stereocenters. The molecule has 1 aromatic carbocycles. The maximum atomic E-state index is 12.2. The van der Waals surface area contributed by atoms with Crippen LogP contribution in [0, 0.1) is 0 Å². The topological polar surface area (TPSA) is 67.4 Å². The SMILES string of the molecule is CCN(CC)C(=O)c1cnc(Nc2ccc(OC(C)C)cc2)nc1. The zero-order valence-corrected chi connectivity index (χ0v) is 14.6. The van der Waals surface area contributed by atoms with E-state index in [1.54, 1.807) is 17.3 Å². The highest BCUT2D eigenvalue weighted by atomic mass is 16.5. The molecule has 0 saturated heterocycles. The van der Waals surface area contributed by atoms with Gasteiger partial charge in [-0.2, -0.15) is 0 Å². The largest absolute Gasteiger partial charge is 0.491 e. The summed E-state index contributed by atoms with van der Waals surface area (Å²) in [6, 6.07) is 7.58. The van der Waals surface area contributed by atoms with Crippen LogP contribution in [0.25, 0.3) is 0 Å². The summed E-state index contributed by atoms with van der Waals surface area (Å²) in [5, 5.41) is 3.11. The number of hydrogen-bond donors (Lipinski definition) is 1. The minimum absolute atomic E-state index is 0.0539. The van der Waals surface area contributed by atoms with Crippen molar-refractivity contribution < 1.29 is 9.53 Å². The molecule has 1 aromatic heterocycles. The third-order valence-electron chi connectivity index (χ3n) is 3.43. The second-order valence-corrected chi connectivity index (χ2v) is 5.59. The molecule has 0 radical (unpaired) electrons. The molecule has 0 aliphatic rings. The lowest BCUT2D eigenvalue weighted by atomic mass is 10.3. The molecule has 128 valence electrons. The lowest BCUT2D eigenvalue weighted by Gasteiger charge is -2.18. The molecule has 0 fully saturated rings. The Hall–Kier alpha value is -2.63. The van der Waals surface area contributed by atoms with Gasteiger partial charge in [-0.05, 0) is 52.0 Å². The maximum absolute atomic E-state index is 12.2. The van der Waals surface area contributed by atoms with E-state index in [0.717, 1.165) is 11.4 Å². The summed E-state index contributed by atoms with van der Waals surface area (Å²) < 4.78 is 5.60. The molecule has 0 spiro atoms. The number of aromatic nitrogens is 2. The van der Waals surface area contributed by atoms with E-state index in [9.17, 15) is 4.79 Å². The molecule has 0 saturated carbocycles. The Kier molecular flexibility index (Phi) is 6.12. The summed E-state index contributed by atoms with van der Waals surface area (Å²) in [5.74, 6) is 1.21. The Morgan fingerprint density at radius 3 is 2.21 bits per heavy atom. The standard InChI is InChI=1S/C18H24N4O2/c1-5-22(6-2)17(23)14-11-19-18(20-12-14)21-15-7-9-16(10-8-15)24-13(3)4/h7-13H,5-6H2,1-4H3,(H,19,20,21). The molecule has 2 aromatic rings. The summed E-state index contributed by atoms with van der Waals surface area (Å²) in [6.07, 6.45) is 3.24. The normalized spacial score (nSPS) is 10.5. The molecular formula is C18H24N4O2. The number of nitrogens with zero attached hydrogens (tertiary/aromatic N) is 3. The fourth-order valence-electron chi connectivity index (χ4n) is 2.21. The molecule has 0 atom stereocenters. The highest BCUT2D eigenvalue weighted by Gasteiger charge is 2.13. The van der Waals surface area contributed by atoms with E-state index >= 15 is 0 Å². The molecule has 0 aliphatic carbocycles. The van der Waals surface area contributed by atoms with Crippen LogP contribution in [-0.4, -0.2) is 40.0 Å². The predicted molar refractivity (Wildman–Crippen MR) is 94.8 cm³/mol. The number of benzene rings is 1. The van der Waals surface area contributed by atoms with Crippen molar-refractivity contribution in [3.63, 3.8) is 0 Å². The van der Waals surface area contributed by atoms with Gasteiger partial charge in [0.1, 0.15) is 5.75 Å². The van der Waals surface area contributed by atoms with Gasteiger partial charge >= 0.3 is 0 Å². The molecule has 2 rings (SSSR count). The molecule has 1 N–H and O–H groups in total. The molecular weight excluding hydrogens is 304 g/mol. The van der Waals surface area contributed by atoms with E-state index < -0.39 is 0 Å². The molecule has 0 aliphatic heterocycles. The molecule has 1 heterocycles. The average Bonchev–Trinajstić information content (AvgIpc) is 2.58. The number of anilines is 2. The number of carbonyl (C=O) groups excluding carboxylic acids is 1. The van der Waals surface area contributed by atoms with E-state index in [0.29, 0.717) is 24.6 Å². The van der Waals surface area contributed by atoms with Crippen molar-refractivity contribution in [2.24, 2.45) is 0 Å². The third-order valence-corrected chi connectivity index (χ3v) is 3.43. The van der Waals surface area contributed by atoms with Crippen LogP contribution in [0.2, 0.25) is 0 Å². The number of hydrogen-bond acceptors (Lipinski definition) is 5. The van der Waals surface area contributed by atoms with Gasteiger partial charge in [0.25, 0.3) is 5.91 Å². The Labute approximate surface area is 142 Å². The van der Waals surface area contributed by atoms with Gasteiger partial charge in [0, 0.05) is 31.2 Å². The van der Waals surface area contributed by atoms with Gasteiger partial charge in [-0.15, -0.1) is 0 Å². The summed E-state index contributed by atoms with van der Waals surface area (Å²) in [5.41, 5.74) is 1.35. The molecule has 1 amide bonds. The van der Waals surface area contributed by atoms with Crippen LogP contribution in [0.5, 0.6) is 5.75 Å². The number of carbonyl (C=O) groups is 1. The average molecular weight is 328 g/mol. The first-order valence-electron chi connectivity index (χ1n) is 8.18. The van der Waals surface area contributed by atoms with Gasteiger partial charge < -0.3 is 15.0 Å². The Balaban J connectivity index is 2.02. The van der Waals surface area contributed by atoms with Crippen LogP contribution in [0.4, 0.5) is 11.6 Å². The summed E-state index contributed by atoms with van der Waals surface area (Å²) in [6.45, 7) is 9.21. The van der Waals surface area contributed by atoms with Gasteiger partial charge in [-0.3, -0.25) is 4.79 Å². The second kappa shape index (κ2) is 8.29. The van der Waals surface area contributed by atoms with E-state index in [1.165, 1.54) is 0 Å². The van der Waals surface area contributed by atoms with E-state index in [1.807, 2.05) is 52.0 Å². The van der Waals surface area contributed by atoms with Crippen LogP contribution in [-0.2, 0) is 0 Å². The fraction of sp³-hybridized carbons (Fsp3) is 0.389. The van der Waals surface area contributed by atoms with Crippen LogP contribution in [0.15, 0.2) is 36.7 Å². The van der Waals surface area contributed by atoms with Crippen molar-refractivity contribution in [2.75, 3.05) is 18.4 Å². The van der Waals surface area contributed by atoms with Gasteiger partial charge in [0.2, 0.25) is 5.95 Å². The van der Waals surface area contributed by atoms with Crippen LogP contribution in [0.3, 0.4) is 0 Å². The molecule has 6 nitrogen and oxygen atoms in total. The van der Waals surface area contributed by atoms with Gasteiger partial charge in [-0.1, -0.05) is 0 Å². The Bertz CT molecular complexity index is 650. The highest BCUT2D eigenvalue weighted by molar-refractivity contribution is 5.93. The Morgan fingerprint density at radius 1 is 1.12 bits per heavy atom. The van der Waals surface area contributed by atoms with Crippen molar-refractivity contribution in [3.8, 4) is 5.75 Å². The van der Waals surface area contributed by atoms with Crippen LogP contribution in [0.1, 0.15) is 38.1 Å². The molecule has 24 heavy (non-hydrogen) atoms. The number of ether oxygens (including phenoxy) is 1. The number of nitrogens with one attached hydrogen (secondary N) is 1. The van der Waals surface area contributed by atoms with Crippen molar-refractivity contribution in [2.45, 2.75) is 33.8 Å². The van der Waals surface area contributed by atoms with Crippen molar-refractivity contribution in [1.29, 1.82) is 0 Å². The van der Waals surface area contributed by atoms with Crippen LogP contribution < -0.4 is 10.1 Å². The summed E-state index contributed by atoms with van der Waals surface area (Å²) in [4.78, 5) is 22.4. The number of rotatable bonds is 7. The van der Waals surface area contributed by atoms with E-state index in [-0.39, 0.29) is 12.0 Å². The molecule has 0 bridgehead atoms.